The zero-order valence-corrected chi connectivity index (χ0v) is 20.0. The maximum Gasteiger partial charge on any atom is 0.274 e. The molecule has 1 aromatic carbocycles. The van der Waals surface area contributed by atoms with Gasteiger partial charge in [-0.15, -0.1) is 0 Å². The lowest BCUT2D eigenvalue weighted by Gasteiger charge is -2.44. The molecule has 0 unspecified atom stereocenters. The van der Waals surface area contributed by atoms with Gasteiger partial charge in [-0.05, 0) is 50.6 Å². The van der Waals surface area contributed by atoms with Crippen LogP contribution in [0.15, 0.2) is 53.3 Å². The number of rotatable bonds is 5. The summed E-state index contributed by atoms with van der Waals surface area (Å²) in [6, 6.07) is 12.1. The Labute approximate surface area is 203 Å². The van der Waals surface area contributed by atoms with Crippen molar-refractivity contribution >= 4 is 17.2 Å². The van der Waals surface area contributed by atoms with Gasteiger partial charge in [-0.25, -0.2) is 4.98 Å². The van der Waals surface area contributed by atoms with Crippen LogP contribution in [0.5, 0.6) is 0 Å². The predicted octanol–water partition coefficient (Wildman–Crippen LogP) is 3.44. The van der Waals surface area contributed by atoms with Crippen molar-refractivity contribution in [3.8, 4) is 11.4 Å². The third-order valence-electron chi connectivity index (χ3n) is 7.35. The first-order chi connectivity index (χ1) is 17.0. The van der Waals surface area contributed by atoms with Crippen molar-refractivity contribution < 1.29 is 9.32 Å². The van der Waals surface area contributed by atoms with Crippen molar-refractivity contribution in [1.82, 2.24) is 29.3 Å². The molecule has 2 fully saturated rings. The molecule has 4 heterocycles. The number of nitrogens with one attached hydrogen (secondary N) is 1. The number of carbonyl (C=O) groups excluding carboxylic acids is 1. The van der Waals surface area contributed by atoms with E-state index in [0.717, 1.165) is 55.8 Å². The smallest absolute Gasteiger partial charge is 0.274 e. The van der Waals surface area contributed by atoms with Crippen molar-refractivity contribution in [2.24, 2.45) is 0 Å². The number of piperazine rings is 1. The first-order valence-corrected chi connectivity index (χ1v) is 12.2. The molecule has 0 spiro atoms. The normalized spacial score (nSPS) is 21.2. The largest absolute Gasteiger partial charge is 0.339 e. The number of hydrogen-bond donors (Lipinski definition) is 1. The van der Waals surface area contributed by atoms with Crippen LogP contribution in [0.1, 0.15) is 40.7 Å². The number of aryl methyl sites for hydroxylation is 1. The van der Waals surface area contributed by atoms with E-state index in [9.17, 15) is 4.79 Å². The molecule has 6 rings (SSSR count). The monoisotopic (exact) mass is 471 g/mol. The number of amides is 1. The number of nitrogens with zero attached hydrogens (tertiary/aromatic N) is 6. The second kappa shape index (κ2) is 8.90. The van der Waals surface area contributed by atoms with Crippen LogP contribution < -0.4 is 5.32 Å². The standard InChI is InChI=1S/C26H29N7O2/c1-17-6-7-18(15-21(17)28-25(34)22-16-27-23-5-3-4-8-33(22)23)24-29-26(35-30-24)19-13-20(14-19)32-11-9-31(2)10-12-32/h3-8,15-16,19-20H,9-14H2,1-2H3,(H,28,34). The molecule has 1 amide bonds. The molecule has 3 aromatic heterocycles. The number of hydrogen-bond acceptors (Lipinski definition) is 7. The Bertz CT molecular complexity index is 1360. The van der Waals surface area contributed by atoms with Crippen molar-refractivity contribution in [1.29, 1.82) is 0 Å². The van der Waals surface area contributed by atoms with Gasteiger partial charge in [-0.2, -0.15) is 4.98 Å². The van der Waals surface area contributed by atoms with Crippen LogP contribution in [-0.4, -0.2) is 74.5 Å². The number of benzene rings is 1. The Morgan fingerprint density at radius 3 is 2.77 bits per heavy atom. The summed E-state index contributed by atoms with van der Waals surface area (Å²) in [5.41, 5.74) is 3.69. The maximum absolute atomic E-state index is 13.0. The number of anilines is 1. The third-order valence-corrected chi connectivity index (χ3v) is 7.35. The summed E-state index contributed by atoms with van der Waals surface area (Å²) >= 11 is 0. The number of likely N-dealkylation sites (N-methyl/N-ethyl adjacent to an activating group) is 1. The summed E-state index contributed by atoms with van der Waals surface area (Å²) in [4.78, 5) is 27.0. The molecule has 0 atom stereocenters. The molecule has 9 heteroatoms. The van der Waals surface area contributed by atoms with Crippen LogP contribution in [0.4, 0.5) is 5.69 Å². The number of aromatic nitrogens is 4. The van der Waals surface area contributed by atoms with Gasteiger partial charge in [0, 0.05) is 55.6 Å². The van der Waals surface area contributed by atoms with Crippen LogP contribution in [0.3, 0.4) is 0 Å². The van der Waals surface area contributed by atoms with E-state index in [4.69, 9.17) is 9.51 Å². The van der Waals surface area contributed by atoms with E-state index in [1.807, 2.05) is 49.5 Å². The van der Waals surface area contributed by atoms with Crippen LogP contribution in [-0.2, 0) is 0 Å². The van der Waals surface area contributed by atoms with Gasteiger partial charge in [0.15, 0.2) is 0 Å². The summed E-state index contributed by atoms with van der Waals surface area (Å²) in [5, 5.41) is 7.26. The average molecular weight is 472 g/mol. The summed E-state index contributed by atoms with van der Waals surface area (Å²) in [5.74, 6) is 1.36. The molecule has 180 valence electrons. The van der Waals surface area contributed by atoms with Crippen LogP contribution in [0.2, 0.25) is 0 Å². The molecule has 4 aromatic rings. The highest BCUT2D eigenvalue weighted by Gasteiger charge is 2.38. The highest BCUT2D eigenvalue weighted by Crippen LogP contribution is 2.40. The van der Waals surface area contributed by atoms with Gasteiger partial charge in [0.1, 0.15) is 11.3 Å². The molecule has 1 aliphatic carbocycles. The van der Waals surface area contributed by atoms with Crippen LogP contribution in [0, 0.1) is 6.92 Å². The van der Waals surface area contributed by atoms with Gasteiger partial charge in [0.05, 0.1) is 6.20 Å². The van der Waals surface area contributed by atoms with Gasteiger partial charge >= 0.3 is 0 Å². The Hall–Kier alpha value is -3.56. The van der Waals surface area contributed by atoms with Crippen molar-refractivity contribution in [2.45, 2.75) is 31.7 Å². The molecular formula is C26H29N7O2. The summed E-state index contributed by atoms with van der Waals surface area (Å²) in [6.45, 7) is 6.50. The fourth-order valence-corrected chi connectivity index (χ4v) is 4.98. The minimum atomic E-state index is -0.220. The lowest BCUT2D eigenvalue weighted by Crippen LogP contribution is -2.52. The zero-order valence-electron chi connectivity index (χ0n) is 20.0. The van der Waals surface area contributed by atoms with E-state index in [1.165, 1.54) is 0 Å². The van der Waals surface area contributed by atoms with E-state index in [1.54, 1.807) is 10.6 Å². The van der Waals surface area contributed by atoms with Crippen LogP contribution in [0.25, 0.3) is 17.0 Å². The Kier molecular flexibility index (Phi) is 5.58. The van der Waals surface area contributed by atoms with Crippen LogP contribution >= 0.6 is 0 Å². The number of fused-ring (bicyclic) bond motifs is 1. The molecule has 0 radical (unpaired) electrons. The third kappa shape index (κ3) is 4.21. The Balaban J connectivity index is 1.14. The summed E-state index contributed by atoms with van der Waals surface area (Å²) < 4.78 is 7.42. The van der Waals surface area contributed by atoms with Gasteiger partial charge in [0.2, 0.25) is 11.7 Å². The average Bonchev–Trinajstić information content (AvgIpc) is 3.48. The lowest BCUT2D eigenvalue weighted by molar-refractivity contribution is 0.0532. The lowest BCUT2D eigenvalue weighted by atomic mass is 9.79. The second-order valence-electron chi connectivity index (χ2n) is 9.67. The first-order valence-electron chi connectivity index (χ1n) is 12.2. The molecule has 1 saturated carbocycles. The molecule has 1 saturated heterocycles. The van der Waals surface area contributed by atoms with Crippen molar-refractivity contribution in [3.05, 3.63) is 65.9 Å². The second-order valence-corrected chi connectivity index (χ2v) is 9.67. The van der Waals surface area contributed by atoms with Gasteiger partial charge in [0.25, 0.3) is 5.91 Å². The van der Waals surface area contributed by atoms with E-state index < -0.39 is 0 Å². The Morgan fingerprint density at radius 2 is 1.94 bits per heavy atom. The molecule has 1 aliphatic heterocycles. The molecule has 1 N–H and O–H groups in total. The molecule has 9 nitrogen and oxygen atoms in total. The van der Waals surface area contributed by atoms with Crippen molar-refractivity contribution in [2.75, 3.05) is 38.5 Å². The number of imidazole rings is 1. The topological polar surface area (TPSA) is 91.8 Å². The highest BCUT2D eigenvalue weighted by atomic mass is 16.5. The van der Waals surface area contributed by atoms with Gasteiger partial charge < -0.3 is 14.7 Å². The molecule has 2 aliphatic rings. The molecular weight excluding hydrogens is 442 g/mol. The summed E-state index contributed by atoms with van der Waals surface area (Å²) in [6.07, 6.45) is 5.55. The fourth-order valence-electron chi connectivity index (χ4n) is 4.98. The Morgan fingerprint density at radius 1 is 1.11 bits per heavy atom. The maximum atomic E-state index is 13.0. The number of carbonyl (C=O) groups is 1. The predicted molar refractivity (Wildman–Crippen MR) is 132 cm³/mol. The van der Waals surface area contributed by atoms with E-state index >= 15 is 0 Å². The zero-order chi connectivity index (χ0) is 23.9. The van der Waals surface area contributed by atoms with Gasteiger partial charge in [-0.1, -0.05) is 23.4 Å². The molecule has 35 heavy (non-hydrogen) atoms. The quantitative estimate of drug-likeness (QED) is 0.477. The SMILES string of the molecule is Cc1ccc(-c2noc(C3CC(N4CCN(C)CC4)C3)n2)cc1NC(=O)c1cnc2ccccn12. The minimum Gasteiger partial charge on any atom is -0.339 e. The summed E-state index contributed by atoms with van der Waals surface area (Å²) in [7, 11) is 2.18. The molecule has 0 bridgehead atoms. The van der Waals surface area contributed by atoms with E-state index in [2.05, 4.69) is 32.3 Å². The first kappa shape index (κ1) is 21.9. The fraction of sp³-hybridized carbons (Fsp3) is 0.385. The van der Waals surface area contributed by atoms with Crippen molar-refractivity contribution in [3.63, 3.8) is 0 Å². The van der Waals surface area contributed by atoms with Gasteiger partial charge in [-0.3, -0.25) is 14.1 Å². The van der Waals surface area contributed by atoms with E-state index in [0.29, 0.717) is 35.1 Å². The van der Waals surface area contributed by atoms with E-state index in [-0.39, 0.29) is 5.91 Å². The minimum absolute atomic E-state index is 0.220. The number of pyridine rings is 1. The highest BCUT2D eigenvalue weighted by molar-refractivity contribution is 6.04.